The zero-order valence-corrected chi connectivity index (χ0v) is 16.3. The van der Waals surface area contributed by atoms with Crippen molar-refractivity contribution >= 4 is 11.8 Å². The van der Waals surface area contributed by atoms with Crippen molar-refractivity contribution in [2.75, 3.05) is 13.7 Å². The van der Waals surface area contributed by atoms with Gasteiger partial charge in [-0.2, -0.15) is 0 Å². The molecule has 0 fully saturated rings. The molecule has 8 heteroatoms. The summed E-state index contributed by atoms with van der Waals surface area (Å²) in [6, 6.07) is 18.9. The first-order valence-electron chi connectivity index (χ1n) is 9.15. The number of amides is 2. The average molecular weight is 407 g/mol. The molecule has 8 nitrogen and oxygen atoms in total. The van der Waals surface area contributed by atoms with E-state index in [2.05, 4.69) is 10.9 Å². The number of methoxy groups -OCH3 is 1. The molecule has 0 spiro atoms. The number of pyridine rings is 1. The van der Waals surface area contributed by atoms with Crippen LogP contribution in [0, 0.1) is 0 Å². The maximum atomic E-state index is 12.3. The fraction of sp³-hybridized carbons (Fsp3) is 0.136. The van der Waals surface area contributed by atoms with E-state index >= 15 is 0 Å². The van der Waals surface area contributed by atoms with E-state index in [4.69, 9.17) is 9.47 Å². The third kappa shape index (κ3) is 5.71. The first kappa shape index (κ1) is 20.7. The molecule has 3 rings (SSSR count). The first-order valence-corrected chi connectivity index (χ1v) is 9.15. The first-order chi connectivity index (χ1) is 14.5. The Bertz CT molecular complexity index is 1060. The standard InChI is InChI=1S/C22H21N3O5/c1-29-18-8-10-19(11-9-18)30-15-20(26)23-24-22(28)17-7-12-21(27)25(14-17)13-16-5-3-2-4-6-16/h2-12,14H,13,15H2,1H3,(H,23,26)(H,24,28). The van der Waals surface area contributed by atoms with Crippen molar-refractivity contribution in [1.29, 1.82) is 0 Å². The van der Waals surface area contributed by atoms with Gasteiger partial charge < -0.3 is 14.0 Å². The molecular weight excluding hydrogens is 386 g/mol. The highest BCUT2D eigenvalue weighted by Gasteiger charge is 2.10. The van der Waals surface area contributed by atoms with E-state index in [-0.39, 0.29) is 17.7 Å². The number of benzene rings is 2. The number of ether oxygens (including phenoxy) is 2. The van der Waals surface area contributed by atoms with Crippen LogP contribution in [0.3, 0.4) is 0 Å². The van der Waals surface area contributed by atoms with Crippen molar-refractivity contribution < 1.29 is 19.1 Å². The Morgan fingerprint density at radius 3 is 2.30 bits per heavy atom. The zero-order valence-electron chi connectivity index (χ0n) is 16.3. The van der Waals surface area contributed by atoms with Crippen LogP contribution in [-0.2, 0) is 11.3 Å². The minimum Gasteiger partial charge on any atom is -0.497 e. The molecule has 30 heavy (non-hydrogen) atoms. The molecule has 2 amide bonds. The minimum absolute atomic E-state index is 0.229. The molecule has 2 N–H and O–H groups in total. The molecule has 0 saturated carbocycles. The fourth-order valence-electron chi connectivity index (χ4n) is 2.62. The Balaban J connectivity index is 1.53. The van der Waals surface area contributed by atoms with Crippen molar-refractivity contribution in [3.63, 3.8) is 0 Å². The van der Waals surface area contributed by atoms with Gasteiger partial charge in [0.1, 0.15) is 11.5 Å². The highest BCUT2D eigenvalue weighted by Crippen LogP contribution is 2.16. The van der Waals surface area contributed by atoms with E-state index in [0.29, 0.717) is 18.0 Å². The molecular formula is C22H21N3O5. The van der Waals surface area contributed by atoms with Crippen molar-refractivity contribution in [1.82, 2.24) is 15.4 Å². The van der Waals surface area contributed by atoms with E-state index < -0.39 is 11.8 Å². The summed E-state index contributed by atoms with van der Waals surface area (Å²) >= 11 is 0. The van der Waals surface area contributed by atoms with Crippen LogP contribution in [0.25, 0.3) is 0 Å². The summed E-state index contributed by atoms with van der Waals surface area (Å²) in [5, 5.41) is 0. The number of hydrazine groups is 1. The van der Waals surface area contributed by atoms with Crippen molar-refractivity contribution in [2.24, 2.45) is 0 Å². The summed E-state index contributed by atoms with van der Waals surface area (Å²) in [4.78, 5) is 36.3. The number of rotatable bonds is 7. The van der Waals surface area contributed by atoms with Crippen LogP contribution in [0.5, 0.6) is 11.5 Å². The van der Waals surface area contributed by atoms with Crippen LogP contribution >= 0.6 is 0 Å². The topological polar surface area (TPSA) is 98.7 Å². The molecule has 1 aromatic heterocycles. The monoisotopic (exact) mass is 407 g/mol. The van der Waals surface area contributed by atoms with Gasteiger partial charge >= 0.3 is 0 Å². The molecule has 0 aliphatic rings. The van der Waals surface area contributed by atoms with E-state index in [9.17, 15) is 14.4 Å². The van der Waals surface area contributed by atoms with Crippen LogP contribution in [0.15, 0.2) is 77.7 Å². The largest absolute Gasteiger partial charge is 0.497 e. The Morgan fingerprint density at radius 1 is 0.900 bits per heavy atom. The van der Waals surface area contributed by atoms with Gasteiger partial charge in [-0.05, 0) is 35.9 Å². The number of aromatic nitrogens is 1. The molecule has 0 bridgehead atoms. The number of nitrogens with one attached hydrogen (secondary N) is 2. The van der Waals surface area contributed by atoms with Gasteiger partial charge in [-0.3, -0.25) is 25.2 Å². The summed E-state index contributed by atoms with van der Waals surface area (Å²) in [6.07, 6.45) is 1.45. The average Bonchev–Trinajstić information content (AvgIpc) is 2.78. The van der Waals surface area contributed by atoms with E-state index in [1.165, 1.54) is 22.9 Å². The van der Waals surface area contributed by atoms with E-state index in [1.54, 1.807) is 31.4 Å². The molecule has 0 aliphatic heterocycles. The SMILES string of the molecule is COc1ccc(OCC(=O)NNC(=O)c2ccc(=O)n(Cc3ccccc3)c2)cc1. The second kappa shape index (κ2) is 9.92. The van der Waals surface area contributed by atoms with Crippen LogP contribution in [0.1, 0.15) is 15.9 Å². The summed E-state index contributed by atoms with van der Waals surface area (Å²) in [6.45, 7) is 0.0585. The molecule has 3 aromatic rings. The number of hydrogen-bond acceptors (Lipinski definition) is 5. The molecule has 154 valence electrons. The summed E-state index contributed by atoms with van der Waals surface area (Å²) in [7, 11) is 1.56. The second-order valence-electron chi connectivity index (χ2n) is 6.34. The van der Waals surface area contributed by atoms with Crippen molar-refractivity contribution in [3.05, 3.63) is 94.4 Å². The van der Waals surface area contributed by atoms with Crippen molar-refractivity contribution in [3.8, 4) is 11.5 Å². The molecule has 0 unspecified atom stereocenters. The van der Waals surface area contributed by atoms with Crippen LogP contribution < -0.4 is 25.9 Å². The lowest BCUT2D eigenvalue weighted by Gasteiger charge is -2.11. The molecule has 0 atom stereocenters. The quantitative estimate of drug-likeness (QED) is 0.582. The molecule has 0 radical (unpaired) electrons. The third-order valence-electron chi connectivity index (χ3n) is 4.19. The maximum absolute atomic E-state index is 12.3. The highest BCUT2D eigenvalue weighted by atomic mass is 16.5. The molecule has 1 heterocycles. The van der Waals surface area contributed by atoms with Crippen LogP contribution in [-0.4, -0.2) is 30.1 Å². The van der Waals surface area contributed by atoms with Gasteiger partial charge in [0.2, 0.25) is 0 Å². The lowest BCUT2D eigenvalue weighted by atomic mass is 10.2. The Hall–Kier alpha value is -4.07. The van der Waals surface area contributed by atoms with E-state index in [1.807, 2.05) is 30.3 Å². The number of nitrogens with zero attached hydrogens (tertiary/aromatic N) is 1. The van der Waals surface area contributed by atoms with Gasteiger partial charge in [-0.1, -0.05) is 30.3 Å². The normalized spacial score (nSPS) is 10.2. The lowest BCUT2D eigenvalue weighted by molar-refractivity contribution is -0.123. The second-order valence-corrected chi connectivity index (χ2v) is 6.34. The zero-order chi connectivity index (χ0) is 21.3. The summed E-state index contributed by atoms with van der Waals surface area (Å²) in [5.41, 5.74) is 5.53. The predicted octanol–water partition coefficient (Wildman–Crippen LogP) is 1.75. The minimum atomic E-state index is -0.547. The summed E-state index contributed by atoms with van der Waals surface area (Å²) < 4.78 is 11.8. The smallest absolute Gasteiger partial charge is 0.276 e. The lowest BCUT2D eigenvalue weighted by Crippen LogP contribution is -2.44. The van der Waals surface area contributed by atoms with E-state index in [0.717, 1.165) is 5.56 Å². The van der Waals surface area contributed by atoms with Gasteiger partial charge in [0.05, 0.1) is 19.2 Å². The highest BCUT2D eigenvalue weighted by molar-refractivity contribution is 5.95. The van der Waals surface area contributed by atoms with Gasteiger partial charge in [0.15, 0.2) is 6.61 Å². The van der Waals surface area contributed by atoms with Crippen LogP contribution in [0.4, 0.5) is 0 Å². The van der Waals surface area contributed by atoms with Crippen LogP contribution in [0.2, 0.25) is 0 Å². The Morgan fingerprint density at radius 2 is 1.60 bits per heavy atom. The Kier molecular flexibility index (Phi) is 6.83. The fourth-order valence-corrected chi connectivity index (χ4v) is 2.62. The Labute approximate surface area is 173 Å². The summed E-state index contributed by atoms with van der Waals surface area (Å²) in [5.74, 6) is 0.0873. The molecule has 0 saturated heterocycles. The van der Waals surface area contributed by atoms with Gasteiger partial charge in [0, 0.05) is 12.3 Å². The number of hydrogen-bond donors (Lipinski definition) is 2. The maximum Gasteiger partial charge on any atom is 0.276 e. The number of carbonyl (C=O) groups is 2. The van der Waals surface area contributed by atoms with Gasteiger partial charge in [-0.15, -0.1) is 0 Å². The van der Waals surface area contributed by atoms with Gasteiger partial charge in [-0.25, -0.2) is 0 Å². The van der Waals surface area contributed by atoms with Gasteiger partial charge in [0.25, 0.3) is 17.4 Å². The predicted molar refractivity (Wildman–Crippen MR) is 110 cm³/mol. The third-order valence-corrected chi connectivity index (χ3v) is 4.19. The van der Waals surface area contributed by atoms with Crippen molar-refractivity contribution in [2.45, 2.75) is 6.54 Å². The molecule has 2 aromatic carbocycles. The molecule has 0 aliphatic carbocycles. The number of carbonyl (C=O) groups excluding carboxylic acids is 2.